The third-order valence-corrected chi connectivity index (χ3v) is 6.41. The van der Waals surface area contributed by atoms with Crippen LogP contribution in [0.3, 0.4) is 0 Å². The van der Waals surface area contributed by atoms with Gasteiger partial charge in [-0.15, -0.1) is 0 Å². The zero-order valence-corrected chi connectivity index (χ0v) is 19.3. The number of carbonyl (C=O) groups is 3. The number of nitrogens with one attached hydrogen (secondary N) is 3. The van der Waals surface area contributed by atoms with Crippen molar-refractivity contribution in [1.29, 1.82) is 0 Å². The lowest BCUT2D eigenvalue weighted by Crippen LogP contribution is -2.56. The van der Waals surface area contributed by atoms with Crippen LogP contribution < -0.4 is 16.4 Å². The molecule has 0 radical (unpaired) electrons. The molecule has 2 saturated heterocycles. The number of nitrogens with zero attached hydrogens (tertiary/aromatic N) is 2. The molecule has 3 heterocycles. The van der Waals surface area contributed by atoms with E-state index in [0.29, 0.717) is 29.6 Å². The van der Waals surface area contributed by atoms with Crippen molar-refractivity contribution in [2.45, 2.75) is 56.5 Å². The van der Waals surface area contributed by atoms with Crippen molar-refractivity contribution in [3.8, 4) is 0 Å². The number of H-pyrrole nitrogens is 1. The zero-order chi connectivity index (χ0) is 20.4. The molecule has 0 saturated carbocycles. The molecule has 2 aliphatic rings. The van der Waals surface area contributed by atoms with Crippen LogP contribution in [0.1, 0.15) is 31.4 Å². The van der Waals surface area contributed by atoms with Gasteiger partial charge in [0.15, 0.2) is 3.83 Å². The van der Waals surface area contributed by atoms with E-state index in [2.05, 4.69) is 43.2 Å². The van der Waals surface area contributed by atoms with E-state index in [0.717, 1.165) is 15.8 Å². The van der Waals surface area contributed by atoms with Gasteiger partial charge < -0.3 is 31.4 Å². The van der Waals surface area contributed by atoms with Crippen molar-refractivity contribution < 1.29 is 19.5 Å². The van der Waals surface area contributed by atoms with E-state index in [1.165, 1.54) is 4.90 Å². The quantitative estimate of drug-likeness (QED) is 0.208. The molecule has 1 aromatic heterocycles. The molecule has 4 unspecified atom stereocenters. The Kier molecular flexibility index (Phi) is 7.14. The molecule has 1 aromatic rings. The van der Waals surface area contributed by atoms with Gasteiger partial charge in [-0.3, -0.25) is 14.4 Å². The second-order valence-electron chi connectivity index (χ2n) is 6.95. The highest BCUT2D eigenvalue weighted by Gasteiger charge is 2.38. The fraction of sp³-hybridized carbons (Fsp3) is 0.625. The molecule has 6 N–H and O–H groups in total. The van der Waals surface area contributed by atoms with Crippen LogP contribution in [-0.2, 0) is 20.8 Å². The Balaban J connectivity index is 1.79. The Morgan fingerprint density at radius 2 is 2.14 bits per heavy atom. The summed E-state index contributed by atoms with van der Waals surface area (Å²) in [6, 6.07) is -1.97. The minimum absolute atomic E-state index is 0.174. The van der Waals surface area contributed by atoms with Gasteiger partial charge in [0.25, 0.3) is 0 Å². The van der Waals surface area contributed by atoms with Gasteiger partial charge in [0.05, 0.1) is 11.7 Å². The molecule has 4 atom stereocenters. The van der Waals surface area contributed by atoms with Gasteiger partial charge in [0.2, 0.25) is 17.7 Å². The van der Waals surface area contributed by atoms with E-state index >= 15 is 0 Å². The fourth-order valence-corrected chi connectivity index (χ4v) is 5.23. The number of hydrogen-bond donors (Lipinski definition) is 5. The lowest BCUT2D eigenvalue weighted by atomic mass is 10.1. The lowest BCUT2D eigenvalue weighted by molar-refractivity contribution is -0.139. The van der Waals surface area contributed by atoms with Crippen molar-refractivity contribution in [3.05, 3.63) is 13.2 Å². The van der Waals surface area contributed by atoms with Gasteiger partial charge in [-0.05, 0) is 64.4 Å². The molecule has 0 spiro atoms. The Morgan fingerprint density at radius 3 is 2.71 bits per heavy atom. The fourth-order valence-electron chi connectivity index (χ4n) is 3.60. The maximum absolute atomic E-state index is 13.2. The van der Waals surface area contributed by atoms with Crippen molar-refractivity contribution >= 4 is 62.9 Å². The number of aromatic nitrogens is 2. The van der Waals surface area contributed by atoms with Crippen LogP contribution in [0, 0.1) is 7.53 Å². The smallest absolute Gasteiger partial charge is 0.245 e. The van der Waals surface area contributed by atoms with E-state index in [9.17, 15) is 19.5 Å². The summed E-state index contributed by atoms with van der Waals surface area (Å²) in [5.41, 5.74) is 6.37. The third-order valence-electron chi connectivity index (χ3n) is 5.01. The number of likely N-dealkylation sites (tertiary alicyclic amines) is 1. The Labute approximate surface area is 189 Å². The van der Waals surface area contributed by atoms with Crippen LogP contribution in [0.5, 0.6) is 0 Å². The first-order valence-corrected chi connectivity index (χ1v) is 11.2. The first-order chi connectivity index (χ1) is 13.3. The maximum Gasteiger partial charge on any atom is 0.245 e. The number of carbonyl (C=O) groups excluding carboxylic acids is 3. The molecule has 0 aliphatic carbocycles. The van der Waals surface area contributed by atoms with E-state index in [1.807, 2.05) is 22.6 Å². The van der Waals surface area contributed by atoms with Crippen molar-refractivity contribution in [1.82, 2.24) is 25.5 Å². The van der Waals surface area contributed by atoms with Gasteiger partial charge in [-0.1, -0.05) is 0 Å². The monoisotopic (exact) mass is 616 g/mol. The zero-order valence-electron chi connectivity index (χ0n) is 15.0. The van der Waals surface area contributed by atoms with Crippen LogP contribution in [0.4, 0.5) is 0 Å². The van der Waals surface area contributed by atoms with Crippen molar-refractivity contribution in [3.63, 3.8) is 0 Å². The van der Waals surface area contributed by atoms with Crippen LogP contribution in [-0.4, -0.2) is 68.6 Å². The molecule has 0 aromatic carbocycles. The summed E-state index contributed by atoms with van der Waals surface area (Å²) < 4.78 is 1.41. The molecule has 3 rings (SSSR count). The standard InChI is InChI=1S/C16H22I2N6O4/c17-12-8(22-16(18)23-12)6-9(21-14(27)7-3-4-11(25)20-7)15(28)24-5-1-2-10(24)13(19)26/h7,9-10,13,26H,1-6,19H2,(H,20,25)(H,21,27)(H,22,23). The summed E-state index contributed by atoms with van der Waals surface area (Å²) in [6.07, 6.45) is 1.14. The molecule has 10 nitrogen and oxygen atoms in total. The maximum atomic E-state index is 13.2. The molecule has 28 heavy (non-hydrogen) atoms. The number of amides is 3. The van der Waals surface area contributed by atoms with Gasteiger partial charge in [0, 0.05) is 19.4 Å². The number of aliphatic hydroxyl groups excluding tert-OH is 1. The predicted molar refractivity (Wildman–Crippen MR) is 116 cm³/mol. The molecule has 3 amide bonds. The molecule has 12 heteroatoms. The summed E-state index contributed by atoms with van der Waals surface area (Å²) >= 11 is 4.12. The molecule has 154 valence electrons. The van der Waals surface area contributed by atoms with Crippen LogP contribution in [0.2, 0.25) is 0 Å². The van der Waals surface area contributed by atoms with E-state index in [1.54, 1.807) is 0 Å². The van der Waals surface area contributed by atoms with Gasteiger partial charge in [-0.25, -0.2) is 4.98 Å². The second-order valence-corrected chi connectivity index (χ2v) is 9.00. The van der Waals surface area contributed by atoms with Crippen molar-refractivity contribution in [2.24, 2.45) is 5.73 Å². The largest absolute Gasteiger partial charge is 0.377 e. The highest BCUT2D eigenvalue weighted by atomic mass is 127. The first-order valence-electron chi connectivity index (χ1n) is 9.00. The van der Waals surface area contributed by atoms with Crippen molar-refractivity contribution in [2.75, 3.05) is 6.54 Å². The van der Waals surface area contributed by atoms with E-state index < -0.39 is 30.3 Å². The SMILES string of the molecule is NC(O)C1CCCN1C(=O)C(Cc1[nH]c(I)nc1I)NC(=O)C1CCC(=O)N1. The van der Waals surface area contributed by atoms with Gasteiger partial charge in [0.1, 0.15) is 22.0 Å². The Bertz CT molecular complexity index is 770. The summed E-state index contributed by atoms with van der Waals surface area (Å²) in [4.78, 5) is 46.2. The average Bonchev–Trinajstić information content (AvgIpc) is 3.34. The molecule has 0 bridgehead atoms. The number of rotatable bonds is 6. The second kappa shape index (κ2) is 9.21. The minimum atomic E-state index is -1.13. The number of imidazole rings is 1. The van der Waals surface area contributed by atoms with Crippen LogP contribution in [0.25, 0.3) is 0 Å². The minimum Gasteiger partial charge on any atom is -0.377 e. The number of aromatic amines is 1. The van der Waals surface area contributed by atoms with E-state index in [-0.39, 0.29) is 18.2 Å². The summed E-state index contributed by atoms with van der Waals surface area (Å²) in [5.74, 6) is -0.867. The Hall–Kier alpha value is -1.00. The third kappa shape index (κ3) is 4.94. The highest BCUT2D eigenvalue weighted by molar-refractivity contribution is 14.1. The summed E-state index contributed by atoms with van der Waals surface area (Å²) in [5, 5.41) is 15.2. The van der Waals surface area contributed by atoms with Crippen LogP contribution in [0.15, 0.2) is 0 Å². The number of aliphatic hydroxyl groups is 1. The first kappa shape index (κ1) is 21.7. The summed E-state index contributed by atoms with van der Waals surface area (Å²) in [6.45, 7) is 0.474. The summed E-state index contributed by atoms with van der Waals surface area (Å²) in [7, 11) is 0. The lowest BCUT2D eigenvalue weighted by Gasteiger charge is -2.31. The Morgan fingerprint density at radius 1 is 1.39 bits per heavy atom. The highest BCUT2D eigenvalue weighted by Crippen LogP contribution is 2.22. The average molecular weight is 616 g/mol. The number of halogens is 2. The molecular weight excluding hydrogens is 594 g/mol. The van der Waals surface area contributed by atoms with Crippen LogP contribution >= 0.6 is 45.2 Å². The topological polar surface area (TPSA) is 153 Å². The molecule has 2 fully saturated rings. The molecule has 2 aliphatic heterocycles. The predicted octanol–water partition coefficient (Wildman–Crippen LogP) is -0.807. The van der Waals surface area contributed by atoms with Gasteiger partial charge >= 0.3 is 0 Å². The molecular formula is C16H22I2N6O4. The normalized spacial score (nSPS) is 24.1. The number of hydrogen-bond acceptors (Lipinski definition) is 6. The van der Waals surface area contributed by atoms with Gasteiger partial charge in [-0.2, -0.15) is 0 Å². The van der Waals surface area contributed by atoms with E-state index in [4.69, 9.17) is 5.73 Å². The number of nitrogens with two attached hydrogens (primary N) is 1.